The number of hydrogen-bond acceptors (Lipinski definition) is 4. The zero-order valence-corrected chi connectivity index (χ0v) is 19.6. The number of amides is 2. The molecule has 174 valence electrons. The number of aromatic nitrogens is 2. The molecule has 0 aliphatic carbocycles. The molecule has 0 aliphatic heterocycles. The Kier molecular flexibility index (Phi) is 6.92. The Morgan fingerprint density at radius 1 is 0.971 bits per heavy atom. The smallest absolute Gasteiger partial charge is 0.255 e. The normalized spacial score (nSPS) is 10.8. The van der Waals surface area contributed by atoms with Crippen LogP contribution < -0.4 is 10.1 Å². The largest absolute Gasteiger partial charge is 0.487 e. The number of rotatable bonds is 8. The van der Waals surface area contributed by atoms with Crippen LogP contribution in [0.5, 0.6) is 5.75 Å². The minimum absolute atomic E-state index is 0.0568. The number of fused-ring (bicyclic) bond motifs is 1. The van der Waals surface area contributed by atoms with E-state index in [2.05, 4.69) is 10.3 Å². The molecule has 4 rings (SSSR count). The second kappa shape index (κ2) is 10.2. The fourth-order valence-electron chi connectivity index (χ4n) is 3.74. The number of anilines is 1. The van der Waals surface area contributed by atoms with E-state index < -0.39 is 0 Å². The van der Waals surface area contributed by atoms with E-state index in [-0.39, 0.29) is 11.8 Å². The van der Waals surface area contributed by atoms with E-state index in [0.29, 0.717) is 42.3 Å². The highest BCUT2D eigenvalue weighted by Gasteiger charge is 2.14. The Bertz CT molecular complexity index is 1320. The van der Waals surface area contributed by atoms with Gasteiger partial charge in [0.2, 0.25) is 0 Å². The summed E-state index contributed by atoms with van der Waals surface area (Å²) in [7, 11) is 0. The molecule has 7 heteroatoms. The summed E-state index contributed by atoms with van der Waals surface area (Å²) in [5, 5.41) is 2.87. The molecule has 0 unspecified atom stereocenters. The number of carbonyl (C=O) groups is 2. The number of nitrogens with one attached hydrogen (secondary N) is 1. The van der Waals surface area contributed by atoms with Crippen molar-refractivity contribution in [1.82, 2.24) is 14.3 Å². The van der Waals surface area contributed by atoms with Gasteiger partial charge in [-0.25, -0.2) is 4.98 Å². The molecule has 0 saturated heterocycles. The summed E-state index contributed by atoms with van der Waals surface area (Å²) in [5.41, 5.74) is 4.38. The average molecular weight is 457 g/mol. The van der Waals surface area contributed by atoms with Gasteiger partial charge in [0.25, 0.3) is 11.8 Å². The standard InChI is InChI=1S/C27H28N4O3/c1-4-30(5-2)27(33)21-9-6-10-22(14-21)29-26(32)20-8-7-11-24(15-20)34-18-23-17-31-16-19(3)12-13-25(31)28-23/h6-17H,4-5,18H2,1-3H3,(H,29,32). The third-order valence-electron chi connectivity index (χ3n) is 5.55. The topological polar surface area (TPSA) is 75.9 Å². The minimum Gasteiger partial charge on any atom is -0.487 e. The van der Waals surface area contributed by atoms with Crippen molar-refractivity contribution in [3.63, 3.8) is 0 Å². The molecule has 2 amide bonds. The van der Waals surface area contributed by atoms with Gasteiger partial charge in [-0.3, -0.25) is 9.59 Å². The maximum absolute atomic E-state index is 12.8. The Balaban J connectivity index is 1.42. The van der Waals surface area contributed by atoms with Gasteiger partial charge in [-0.15, -0.1) is 0 Å². The first-order chi connectivity index (χ1) is 16.5. The fraction of sp³-hybridized carbons (Fsp3) is 0.222. The summed E-state index contributed by atoms with van der Waals surface area (Å²) < 4.78 is 7.86. The van der Waals surface area contributed by atoms with Crippen LogP contribution in [-0.4, -0.2) is 39.2 Å². The molecule has 0 bridgehead atoms. The van der Waals surface area contributed by atoms with Crippen molar-refractivity contribution in [2.45, 2.75) is 27.4 Å². The Hall–Kier alpha value is -4.13. The number of pyridine rings is 1. The molecule has 2 heterocycles. The van der Waals surface area contributed by atoms with E-state index in [4.69, 9.17) is 4.74 Å². The maximum Gasteiger partial charge on any atom is 0.255 e. The van der Waals surface area contributed by atoms with E-state index in [1.54, 1.807) is 53.4 Å². The van der Waals surface area contributed by atoms with Gasteiger partial charge in [0.15, 0.2) is 0 Å². The van der Waals surface area contributed by atoms with Gasteiger partial charge in [0, 0.05) is 42.3 Å². The predicted molar refractivity (Wildman–Crippen MR) is 132 cm³/mol. The van der Waals surface area contributed by atoms with Crippen molar-refractivity contribution in [2.75, 3.05) is 18.4 Å². The first-order valence-electron chi connectivity index (χ1n) is 11.3. The minimum atomic E-state index is -0.277. The van der Waals surface area contributed by atoms with Crippen LogP contribution >= 0.6 is 0 Å². The number of ether oxygens (including phenoxy) is 1. The van der Waals surface area contributed by atoms with Crippen LogP contribution in [0.1, 0.15) is 45.8 Å². The zero-order valence-electron chi connectivity index (χ0n) is 19.6. The van der Waals surface area contributed by atoms with Crippen LogP contribution in [-0.2, 0) is 6.61 Å². The number of carbonyl (C=O) groups excluding carboxylic acids is 2. The Morgan fingerprint density at radius 3 is 2.53 bits per heavy atom. The van der Waals surface area contributed by atoms with Crippen LogP contribution in [0.15, 0.2) is 73.1 Å². The van der Waals surface area contributed by atoms with Gasteiger partial charge in [-0.05, 0) is 68.8 Å². The Morgan fingerprint density at radius 2 is 1.74 bits per heavy atom. The molecule has 1 N–H and O–H groups in total. The molecule has 4 aromatic rings. The second-order valence-corrected chi connectivity index (χ2v) is 8.03. The van der Waals surface area contributed by atoms with Crippen LogP contribution in [0.2, 0.25) is 0 Å². The molecule has 0 atom stereocenters. The van der Waals surface area contributed by atoms with Crippen molar-refractivity contribution in [2.24, 2.45) is 0 Å². The molecule has 34 heavy (non-hydrogen) atoms. The van der Waals surface area contributed by atoms with Gasteiger partial charge in [0.1, 0.15) is 18.0 Å². The highest BCUT2D eigenvalue weighted by molar-refractivity contribution is 6.05. The van der Waals surface area contributed by atoms with Crippen molar-refractivity contribution in [3.05, 3.63) is 95.4 Å². The number of hydrogen-bond donors (Lipinski definition) is 1. The molecular formula is C27H28N4O3. The van der Waals surface area contributed by atoms with Crippen LogP contribution in [0.25, 0.3) is 5.65 Å². The molecule has 0 fully saturated rings. The van der Waals surface area contributed by atoms with E-state index in [1.165, 1.54) is 0 Å². The van der Waals surface area contributed by atoms with Gasteiger partial charge in [-0.2, -0.15) is 0 Å². The molecule has 0 saturated carbocycles. The number of imidazole rings is 1. The lowest BCUT2D eigenvalue weighted by atomic mass is 10.1. The third-order valence-corrected chi connectivity index (χ3v) is 5.55. The second-order valence-electron chi connectivity index (χ2n) is 8.03. The van der Waals surface area contributed by atoms with E-state index in [1.807, 2.05) is 49.7 Å². The highest BCUT2D eigenvalue weighted by atomic mass is 16.5. The maximum atomic E-state index is 12.8. The molecule has 0 radical (unpaired) electrons. The first-order valence-corrected chi connectivity index (χ1v) is 11.3. The van der Waals surface area contributed by atoms with E-state index >= 15 is 0 Å². The number of benzene rings is 2. The molecule has 2 aromatic carbocycles. The fourth-order valence-corrected chi connectivity index (χ4v) is 3.74. The van der Waals surface area contributed by atoms with Crippen LogP contribution in [0.4, 0.5) is 5.69 Å². The lowest BCUT2D eigenvalue weighted by molar-refractivity contribution is 0.0772. The summed E-state index contributed by atoms with van der Waals surface area (Å²) in [6, 6.07) is 18.0. The summed E-state index contributed by atoms with van der Waals surface area (Å²) in [6.45, 7) is 7.48. The monoisotopic (exact) mass is 456 g/mol. The molecule has 7 nitrogen and oxygen atoms in total. The summed E-state index contributed by atoms with van der Waals surface area (Å²) in [5.74, 6) is 0.242. The number of nitrogens with zero attached hydrogens (tertiary/aromatic N) is 3. The average Bonchev–Trinajstić information content (AvgIpc) is 3.26. The summed E-state index contributed by atoms with van der Waals surface area (Å²) in [4.78, 5) is 31.8. The van der Waals surface area contributed by atoms with Gasteiger partial charge >= 0.3 is 0 Å². The van der Waals surface area contributed by atoms with Crippen molar-refractivity contribution >= 4 is 23.1 Å². The highest BCUT2D eigenvalue weighted by Crippen LogP contribution is 2.18. The van der Waals surface area contributed by atoms with Gasteiger partial charge in [0.05, 0.1) is 5.69 Å². The quantitative estimate of drug-likeness (QED) is 0.407. The van der Waals surface area contributed by atoms with E-state index in [0.717, 1.165) is 16.9 Å². The van der Waals surface area contributed by atoms with Crippen molar-refractivity contribution < 1.29 is 14.3 Å². The molecule has 0 aliphatic rings. The molecule has 0 spiro atoms. The van der Waals surface area contributed by atoms with Gasteiger partial charge < -0.3 is 19.4 Å². The Labute approximate surface area is 199 Å². The third kappa shape index (κ3) is 5.26. The lowest BCUT2D eigenvalue weighted by Crippen LogP contribution is -2.30. The van der Waals surface area contributed by atoms with Crippen molar-refractivity contribution in [3.8, 4) is 5.75 Å². The summed E-state index contributed by atoms with van der Waals surface area (Å²) in [6.07, 6.45) is 3.95. The van der Waals surface area contributed by atoms with E-state index in [9.17, 15) is 9.59 Å². The zero-order chi connectivity index (χ0) is 24.1. The van der Waals surface area contributed by atoms with Crippen LogP contribution in [0.3, 0.4) is 0 Å². The molecular weight excluding hydrogens is 428 g/mol. The number of aryl methyl sites for hydroxylation is 1. The first kappa shape index (κ1) is 23.0. The summed E-state index contributed by atoms with van der Waals surface area (Å²) >= 11 is 0. The lowest BCUT2D eigenvalue weighted by Gasteiger charge is -2.19. The SMILES string of the molecule is CCN(CC)C(=O)c1cccc(NC(=O)c2cccc(OCc3cn4cc(C)ccc4n3)c2)c1. The van der Waals surface area contributed by atoms with Crippen LogP contribution in [0, 0.1) is 6.92 Å². The molecule has 2 aromatic heterocycles. The van der Waals surface area contributed by atoms with Crippen molar-refractivity contribution in [1.29, 1.82) is 0 Å². The van der Waals surface area contributed by atoms with Gasteiger partial charge in [-0.1, -0.05) is 18.2 Å². The predicted octanol–water partition coefficient (Wildman–Crippen LogP) is 4.96.